The number of nitrogens with zero attached hydrogens (tertiary/aromatic N) is 2. The Balaban J connectivity index is 1.27. The zero-order valence-corrected chi connectivity index (χ0v) is 19.0. The number of aryl methyl sites for hydroxylation is 1. The van der Waals surface area contributed by atoms with Crippen LogP contribution in [0.15, 0.2) is 91.0 Å². The van der Waals surface area contributed by atoms with Gasteiger partial charge in [-0.3, -0.25) is 0 Å². The lowest BCUT2D eigenvalue weighted by Gasteiger charge is -2.12. The van der Waals surface area contributed by atoms with Crippen LogP contribution in [0.3, 0.4) is 0 Å². The molecule has 1 heterocycles. The summed E-state index contributed by atoms with van der Waals surface area (Å²) >= 11 is 6.17. The van der Waals surface area contributed by atoms with Gasteiger partial charge in [-0.15, -0.1) is 0 Å². The lowest BCUT2D eigenvalue weighted by atomic mass is 10.1. The summed E-state index contributed by atoms with van der Waals surface area (Å²) in [6.45, 7) is 1.89. The average Bonchev–Trinajstić information content (AvgIpc) is 3.21. The van der Waals surface area contributed by atoms with Crippen LogP contribution >= 0.6 is 11.6 Å². The number of imidazole rings is 1. The van der Waals surface area contributed by atoms with E-state index < -0.39 is 0 Å². The molecule has 0 aliphatic heterocycles. The first-order chi connectivity index (χ1) is 16.3. The Labute approximate surface area is 198 Å². The highest BCUT2D eigenvalue weighted by Crippen LogP contribution is 2.27. The van der Waals surface area contributed by atoms with E-state index in [0.717, 1.165) is 53.1 Å². The molecule has 0 saturated carbocycles. The maximum atomic E-state index is 6.25. The van der Waals surface area contributed by atoms with Crippen LogP contribution in [0.1, 0.15) is 18.7 Å². The molecule has 0 amide bonds. The molecule has 0 radical (unpaired) electrons. The number of ether oxygens (including phenoxy) is 2. The van der Waals surface area contributed by atoms with Crippen molar-refractivity contribution in [2.24, 2.45) is 0 Å². The molecule has 0 atom stereocenters. The number of halogens is 1. The number of fused-ring (bicyclic) bond motifs is 2. The van der Waals surface area contributed by atoms with Crippen LogP contribution in [0, 0.1) is 0 Å². The molecule has 5 rings (SSSR count). The van der Waals surface area contributed by atoms with Crippen LogP contribution in [0.2, 0.25) is 5.02 Å². The van der Waals surface area contributed by atoms with E-state index in [1.54, 1.807) is 0 Å². The Morgan fingerprint density at radius 2 is 1.48 bits per heavy atom. The van der Waals surface area contributed by atoms with Crippen molar-refractivity contribution < 1.29 is 9.47 Å². The molecule has 0 saturated heterocycles. The van der Waals surface area contributed by atoms with Gasteiger partial charge in [0.25, 0.3) is 0 Å². The summed E-state index contributed by atoms with van der Waals surface area (Å²) in [4.78, 5) is 4.86. The molecular weight excluding hydrogens is 432 g/mol. The molecule has 0 unspecified atom stereocenters. The predicted molar refractivity (Wildman–Crippen MR) is 134 cm³/mol. The first kappa shape index (κ1) is 21.4. The first-order valence-corrected chi connectivity index (χ1v) is 11.6. The fourth-order valence-electron chi connectivity index (χ4n) is 4.06. The highest BCUT2D eigenvalue weighted by molar-refractivity contribution is 6.32. The zero-order chi connectivity index (χ0) is 22.5. The first-order valence-electron chi connectivity index (χ1n) is 11.2. The van der Waals surface area contributed by atoms with Crippen molar-refractivity contribution in [3.8, 4) is 11.5 Å². The standard InChI is InChI=1S/C28H25ClN2O2/c29-23-13-3-6-16-27(23)32-19-8-7-18-31-25-15-5-4-14-24(25)30-28(31)20-33-26-17-9-11-21-10-1-2-12-22(21)26/h1-6,9-17H,7-8,18-20H2. The Morgan fingerprint density at radius 1 is 0.727 bits per heavy atom. The maximum Gasteiger partial charge on any atom is 0.147 e. The van der Waals surface area contributed by atoms with Crippen molar-refractivity contribution in [1.29, 1.82) is 0 Å². The second kappa shape index (κ2) is 9.97. The molecule has 0 bridgehead atoms. The number of para-hydroxylation sites is 3. The Bertz CT molecular complexity index is 1370. The van der Waals surface area contributed by atoms with Gasteiger partial charge in [0.2, 0.25) is 0 Å². The molecule has 4 nitrogen and oxygen atoms in total. The van der Waals surface area contributed by atoms with E-state index in [2.05, 4.69) is 34.9 Å². The van der Waals surface area contributed by atoms with Gasteiger partial charge in [-0.2, -0.15) is 0 Å². The molecule has 0 aliphatic rings. The lowest BCUT2D eigenvalue weighted by molar-refractivity contribution is 0.287. The zero-order valence-electron chi connectivity index (χ0n) is 18.3. The molecule has 166 valence electrons. The van der Waals surface area contributed by atoms with E-state index in [1.165, 1.54) is 5.39 Å². The highest BCUT2D eigenvalue weighted by Gasteiger charge is 2.12. The quantitative estimate of drug-likeness (QED) is 0.219. The molecule has 4 aromatic carbocycles. The molecule has 33 heavy (non-hydrogen) atoms. The van der Waals surface area contributed by atoms with Gasteiger partial charge in [0.05, 0.1) is 22.7 Å². The number of aromatic nitrogens is 2. The normalized spacial score (nSPS) is 11.2. The molecule has 0 fully saturated rings. The van der Waals surface area contributed by atoms with Crippen molar-refractivity contribution in [3.63, 3.8) is 0 Å². The van der Waals surface area contributed by atoms with Gasteiger partial charge in [0.15, 0.2) is 0 Å². The summed E-state index contributed by atoms with van der Waals surface area (Å²) in [7, 11) is 0. The summed E-state index contributed by atoms with van der Waals surface area (Å²) < 4.78 is 14.3. The monoisotopic (exact) mass is 456 g/mol. The van der Waals surface area contributed by atoms with Crippen molar-refractivity contribution in [2.75, 3.05) is 6.61 Å². The van der Waals surface area contributed by atoms with Crippen molar-refractivity contribution in [3.05, 3.63) is 102 Å². The summed E-state index contributed by atoms with van der Waals surface area (Å²) in [6, 6.07) is 30.2. The largest absolute Gasteiger partial charge is 0.492 e. The molecule has 5 aromatic rings. The van der Waals surface area contributed by atoms with Crippen LogP contribution in [0.4, 0.5) is 0 Å². The molecular formula is C28H25ClN2O2. The van der Waals surface area contributed by atoms with E-state index in [0.29, 0.717) is 18.2 Å². The molecule has 0 N–H and O–H groups in total. The Hall–Kier alpha value is -3.50. The second-order valence-corrected chi connectivity index (χ2v) is 8.33. The summed E-state index contributed by atoms with van der Waals surface area (Å²) in [5, 5.41) is 2.92. The van der Waals surface area contributed by atoms with E-state index in [4.69, 9.17) is 26.1 Å². The topological polar surface area (TPSA) is 36.3 Å². The van der Waals surface area contributed by atoms with Crippen LogP contribution < -0.4 is 9.47 Å². The van der Waals surface area contributed by atoms with Crippen LogP contribution in [-0.4, -0.2) is 16.2 Å². The number of hydrogen-bond donors (Lipinski definition) is 0. The third-order valence-electron chi connectivity index (χ3n) is 5.71. The minimum absolute atomic E-state index is 0.415. The second-order valence-electron chi connectivity index (χ2n) is 7.92. The minimum atomic E-state index is 0.415. The lowest BCUT2D eigenvalue weighted by Crippen LogP contribution is -2.09. The SMILES string of the molecule is Clc1ccccc1OCCCCn1c(COc2cccc3ccccc23)nc2ccccc21. The summed E-state index contributed by atoms with van der Waals surface area (Å²) in [5.74, 6) is 2.53. The smallest absolute Gasteiger partial charge is 0.147 e. The minimum Gasteiger partial charge on any atom is -0.492 e. The third-order valence-corrected chi connectivity index (χ3v) is 6.02. The van der Waals surface area contributed by atoms with Gasteiger partial charge >= 0.3 is 0 Å². The maximum absolute atomic E-state index is 6.25. The van der Waals surface area contributed by atoms with Gasteiger partial charge in [-0.25, -0.2) is 4.98 Å². The van der Waals surface area contributed by atoms with Crippen molar-refractivity contribution >= 4 is 33.4 Å². The summed E-state index contributed by atoms with van der Waals surface area (Å²) in [5.41, 5.74) is 2.11. The van der Waals surface area contributed by atoms with E-state index in [-0.39, 0.29) is 0 Å². The van der Waals surface area contributed by atoms with E-state index in [1.807, 2.05) is 60.7 Å². The van der Waals surface area contributed by atoms with Gasteiger partial charge in [0, 0.05) is 11.9 Å². The van der Waals surface area contributed by atoms with E-state index >= 15 is 0 Å². The van der Waals surface area contributed by atoms with Crippen LogP contribution in [0.25, 0.3) is 21.8 Å². The fraction of sp³-hybridized carbons (Fsp3) is 0.179. The third kappa shape index (κ3) is 4.81. The molecule has 5 heteroatoms. The summed E-state index contributed by atoms with van der Waals surface area (Å²) in [6.07, 6.45) is 1.88. The number of rotatable bonds is 9. The van der Waals surface area contributed by atoms with Crippen molar-refractivity contribution in [2.45, 2.75) is 26.0 Å². The molecule has 1 aromatic heterocycles. The molecule has 0 aliphatic carbocycles. The average molecular weight is 457 g/mol. The van der Waals surface area contributed by atoms with Gasteiger partial charge in [0.1, 0.15) is 23.9 Å². The fourth-order valence-corrected chi connectivity index (χ4v) is 4.26. The Morgan fingerprint density at radius 3 is 2.42 bits per heavy atom. The van der Waals surface area contributed by atoms with Crippen LogP contribution in [0.5, 0.6) is 11.5 Å². The molecule has 0 spiro atoms. The highest BCUT2D eigenvalue weighted by atomic mass is 35.5. The van der Waals surface area contributed by atoms with Gasteiger partial charge in [-0.05, 0) is 48.6 Å². The van der Waals surface area contributed by atoms with Crippen LogP contribution in [-0.2, 0) is 13.2 Å². The number of benzene rings is 4. The number of unbranched alkanes of at least 4 members (excludes halogenated alkanes) is 1. The van der Waals surface area contributed by atoms with Gasteiger partial charge in [-0.1, -0.05) is 72.3 Å². The predicted octanol–water partition coefficient (Wildman–Crippen LogP) is 7.28. The van der Waals surface area contributed by atoms with Gasteiger partial charge < -0.3 is 14.0 Å². The van der Waals surface area contributed by atoms with Crippen molar-refractivity contribution in [1.82, 2.24) is 9.55 Å². The number of hydrogen-bond acceptors (Lipinski definition) is 3. The van der Waals surface area contributed by atoms with E-state index in [9.17, 15) is 0 Å². The Kier molecular flexibility index (Phi) is 6.45.